The van der Waals surface area contributed by atoms with Crippen LogP contribution in [0.15, 0.2) is 29.3 Å². The van der Waals surface area contributed by atoms with Gasteiger partial charge < -0.3 is 9.47 Å². The molecule has 1 heterocycles. The first kappa shape index (κ1) is 16.7. The van der Waals surface area contributed by atoms with Crippen LogP contribution < -0.4 is 4.74 Å². The summed E-state index contributed by atoms with van der Waals surface area (Å²) >= 11 is 1.27. The molecule has 0 saturated carbocycles. The molecule has 0 amide bonds. The second kappa shape index (κ2) is 6.20. The monoisotopic (exact) mass is 333 g/mol. The maximum absolute atomic E-state index is 12.1. The molecule has 1 aliphatic rings. The lowest BCUT2D eigenvalue weighted by atomic mass is 10.2. The highest BCUT2D eigenvalue weighted by Crippen LogP contribution is 2.44. The lowest BCUT2D eigenvalue weighted by Gasteiger charge is -2.19. The van der Waals surface area contributed by atoms with Gasteiger partial charge in [0, 0.05) is 6.21 Å². The highest BCUT2D eigenvalue weighted by Gasteiger charge is 2.41. The molecular formula is C14H14F3NO3S. The molecule has 0 N–H and O–H groups in total. The van der Waals surface area contributed by atoms with Gasteiger partial charge in [-0.2, -0.15) is 0 Å². The summed E-state index contributed by atoms with van der Waals surface area (Å²) in [5, 5.41) is -0.366. The smallest absolute Gasteiger partial charge is 0.465 e. The Hall–Kier alpha value is -1.70. The lowest BCUT2D eigenvalue weighted by molar-refractivity contribution is -0.274. The minimum Gasteiger partial charge on any atom is -0.465 e. The zero-order valence-corrected chi connectivity index (χ0v) is 12.7. The van der Waals surface area contributed by atoms with Gasteiger partial charge in [0.2, 0.25) is 0 Å². The average molecular weight is 333 g/mol. The first-order chi connectivity index (χ1) is 10.2. The number of carbonyl (C=O) groups is 1. The van der Waals surface area contributed by atoms with E-state index in [2.05, 4.69) is 9.73 Å². The van der Waals surface area contributed by atoms with Crippen molar-refractivity contribution >= 4 is 23.9 Å². The highest BCUT2D eigenvalue weighted by molar-refractivity contribution is 8.02. The third-order valence-electron chi connectivity index (χ3n) is 2.89. The van der Waals surface area contributed by atoms with E-state index in [0.29, 0.717) is 5.56 Å². The Kier molecular flexibility index (Phi) is 4.69. The standard InChI is InChI=1S/C14H14F3NO3S/c1-3-20-12(19)13(2)8-18-11(22-13)9-4-6-10(7-5-9)21-14(15,16)17/h4-8,11H,3H2,1-2H3. The number of benzene rings is 1. The van der Waals surface area contributed by atoms with Crippen molar-refractivity contribution in [3.05, 3.63) is 29.8 Å². The molecule has 2 rings (SSSR count). The Bertz CT molecular complexity index is 574. The normalized spacial score (nSPS) is 24.3. The second-order valence-electron chi connectivity index (χ2n) is 4.69. The summed E-state index contributed by atoms with van der Waals surface area (Å²) in [7, 11) is 0. The number of thioether (sulfide) groups is 1. The van der Waals surface area contributed by atoms with E-state index in [1.54, 1.807) is 13.8 Å². The van der Waals surface area contributed by atoms with Crippen molar-refractivity contribution in [2.75, 3.05) is 6.61 Å². The maximum Gasteiger partial charge on any atom is 0.573 e. The molecule has 2 unspecified atom stereocenters. The molecule has 22 heavy (non-hydrogen) atoms. The third-order valence-corrected chi connectivity index (χ3v) is 4.27. The van der Waals surface area contributed by atoms with Gasteiger partial charge in [-0.1, -0.05) is 12.1 Å². The summed E-state index contributed by atoms with van der Waals surface area (Å²) in [6.45, 7) is 3.69. The van der Waals surface area contributed by atoms with E-state index in [9.17, 15) is 18.0 Å². The van der Waals surface area contributed by atoms with Crippen molar-refractivity contribution in [1.29, 1.82) is 0 Å². The Morgan fingerprint density at radius 3 is 2.55 bits per heavy atom. The largest absolute Gasteiger partial charge is 0.573 e. The van der Waals surface area contributed by atoms with Gasteiger partial charge in [-0.25, -0.2) is 0 Å². The van der Waals surface area contributed by atoms with Gasteiger partial charge in [0.15, 0.2) is 0 Å². The fraction of sp³-hybridized carbons (Fsp3) is 0.429. The molecule has 0 radical (unpaired) electrons. The van der Waals surface area contributed by atoms with Crippen molar-refractivity contribution in [2.45, 2.75) is 30.3 Å². The Balaban J connectivity index is 2.05. The van der Waals surface area contributed by atoms with Crippen LogP contribution in [0.5, 0.6) is 5.75 Å². The number of hydrogen-bond acceptors (Lipinski definition) is 5. The van der Waals surface area contributed by atoms with Crippen LogP contribution in [-0.4, -0.2) is 29.9 Å². The predicted octanol–water partition coefficient (Wildman–Crippen LogP) is 3.72. The number of nitrogens with zero attached hydrogens (tertiary/aromatic N) is 1. The highest BCUT2D eigenvalue weighted by atomic mass is 32.2. The molecule has 4 nitrogen and oxygen atoms in total. The van der Waals surface area contributed by atoms with E-state index >= 15 is 0 Å². The van der Waals surface area contributed by atoms with Gasteiger partial charge in [-0.3, -0.25) is 9.79 Å². The van der Waals surface area contributed by atoms with E-state index in [4.69, 9.17) is 4.74 Å². The number of carbonyl (C=O) groups excluding carboxylic acids is 1. The maximum atomic E-state index is 12.1. The van der Waals surface area contributed by atoms with Crippen molar-refractivity contribution in [3.63, 3.8) is 0 Å². The minimum atomic E-state index is -4.72. The molecule has 0 bridgehead atoms. The average Bonchev–Trinajstić information content (AvgIpc) is 2.82. The van der Waals surface area contributed by atoms with E-state index in [-0.39, 0.29) is 23.7 Å². The van der Waals surface area contributed by atoms with Gasteiger partial charge >= 0.3 is 12.3 Å². The second-order valence-corrected chi connectivity index (χ2v) is 6.22. The topological polar surface area (TPSA) is 47.9 Å². The molecule has 0 aliphatic carbocycles. The zero-order chi connectivity index (χ0) is 16.4. The summed E-state index contributed by atoms with van der Waals surface area (Å²) in [5.41, 5.74) is 0.684. The molecule has 120 valence electrons. The van der Waals surface area contributed by atoms with Gasteiger partial charge in [0.1, 0.15) is 15.9 Å². The summed E-state index contributed by atoms with van der Waals surface area (Å²) in [6.07, 6.45) is -3.20. The molecule has 0 aromatic heterocycles. The van der Waals surface area contributed by atoms with Gasteiger partial charge in [0.25, 0.3) is 0 Å². The zero-order valence-electron chi connectivity index (χ0n) is 11.9. The van der Waals surface area contributed by atoms with Crippen LogP contribution in [0.4, 0.5) is 13.2 Å². The number of hydrogen-bond donors (Lipinski definition) is 0. The molecule has 8 heteroatoms. The Labute approximate surface area is 129 Å². The van der Waals surface area contributed by atoms with Crippen LogP contribution in [-0.2, 0) is 9.53 Å². The molecule has 1 aliphatic heterocycles. The van der Waals surface area contributed by atoms with Crippen molar-refractivity contribution < 1.29 is 27.4 Å². The summed E-state index contributed by atoms with van der Waals surface area (Å²) in [5.74, 6) is -0.681. The van der Waals surface area contributed by atoms with Crippen LogP contribution in [0, 0.1) is 0 Å². The van der Waals surface area contributed by atoms with Crippen LogP contribution in [0.3, 0.4) is 0 Å². The van der Waals surface area contributed by atoms with Crippen LogP contribution >= 0.6 is 11.8 Å². The summed E-state index contributed by atoms with van der Waals surface area (Å²) in [4.78, 5) is 16.1. The number of rotatable bonds is 4. The van der Waals surface area contributed by atoms with Crippen LogP contribution in [0.1, 0.15) is 24.8 Å². The SMILES string of the molecule is CCOC(=O)C1(C)C=NC(c2ccc(OC(F)(F)F)cc2)S1. The van der Waals surface area contributed by atoms with Gasteiger partial charge in [-0.05, 0) is 31.5 Å². The van der Waals surface area contributed by atoms with E-state index in [1.807, 2.05) is 0 Å². The number of esters is 1. The fourth-order valence-corrected chi connectivity index (χ4v) is 3.02. The minimum absolute atomic E-state index is 0.275. The van der Waals surface area contributed by atoms with Crippen molar-refractivity contribution in [1.82, 2.24) is 0 Å². The first-order valence-corrected chi connectivity index (χ1v) is 7.36. The van der Waals surface area contributed by atoms with Crippen LogP contribution in [0.25, 0.3) is 0 Å². The molecule has 0 spiro atoms. The van der Waals surface area contributed by atoms with Gasteiger partial charge in [-0.15, -0.1) is 24.9 Å². The van der Waals surface area contributed by atoms with Crippen molar-refractivity contribution in [3.8, 4) is 5.75 Å². The molecule has 0 fully saturated rings. The lowest BCUT2D eigenvalue weighted by Crippen LogP contribution is -2.33. The molecule has 1 aromatic carbocycles. The Morgan fingerprint density at radius 2 is 2.00 bits per heavy atom. The number of aliphatic imine (C=N–C) groups is 1. The predicted molar refractivity (Wildman–Crippen MR) is 77.0 cm³/mol. The third kappa shape index (κ3) is 3.94. The van der Waals surface area contributed by atoms with E-state index < -0.39 is 11.1 Å². The van der Waals surface area contributed by atoms with Crippen molar-refractivity contribution in [2.24, 2.45) is 4.99 Å². The summed E-state index contributed by atoms with van der Waals surface area (Å²) < 4.78 is 44.2. The number of alkyl halides is 3. The van der Waals surface area contributed by atoms with Gasteiger partial charge in [0.05, 0.1) is 6.61 Å². The Morgan fingerprint density at radius 1 is 1.36 bits per heavy atom. The number of ether oxygens (including phenoxy) is 2. The quantitative estimate of drug-likeness (QED) is 0.788. The first-order valence-electron chi connectivity index (χ1n) is 6.48. The number of halogens is 3. The summed E-state index contributed by atoms with van der Waals surface area (Å²) in [6, 6.07) is 5.43. The molecular weight excluding hydrogens is 319 g/mol. The van der Waals surface area contributed by atoms with E-state index in [1.165, 1.54) is 42.2 Å². The molecule has 0 saturated heterocycles. The molecule has 1 aromatic rings. The molecule has 2 atom stereocenters. The van der Waals surface area contributed by atoms with Crippen LogP contribution in [0.2, 0.25) is 0 Å². The van der Waals surface area contributed by atoms with E-state index in [0.717, 1.165) is 0 Å². The fourth-order valence-electron chi connectivity index (χ4n) is 1.87.